The summed E-state index contributed by atoms with van der Waals surface area (Å²) in [4.78, 5) is 11.0. The Bertz CT molecular complexity index is 133. The lowest BCUT2D eigenvalue weighted by Crippen LogP contribution is -2.26. The van der Waals surface area contributed by atoms with Crippen molar-refractivity contribution in [2.75, 3.05) is 6.61 Å². The minimum atomic E-state index is -0.582. The van der Waals surface area contributed by atoms with Crippen LogP contribution in [0.2, 0.25) is 0 Å². The van der Waals surface area contributed by atoms with Gasteiger partial charge in [-0.1, -0.05) is 0 Å². The zero-order chi connectivity index (χ0) is 9.07. The highest BCUT2D eigenvalue weighted by Gasteiger charge is 2.23. The lowest BCUT2D eigenvalue weighted by molar-refractivity contribution is -0.155. The Balaban J connectivity index is 3.71. The van der Waals surface area contributed by atoms with E-state index in [0.29, 0.717) is 0 Å². The van der Waals surface area contributed by atoms with Crippen molar-refractivity contribution in [2.24, 2.45) is 5.41 Å². The summed E-state index contributed by atoms with van der Waals surface area (Å²) in [6.07, 6.45) is -0.582. The summed E-state index contributed by atoms with van der Waals surface area (Å²) in [7, 11) is 0. The fraction of sp³-hybridized carbons (Fsp3) is 0.875. The van der Waals surface area contributed by atoms with Gasteiger partial charge >= 0.3 is 5.97 Å². The normalized spacial score (nSPS) is 14.3. The van der Waals surface area contributed by atoms with Crippen molar-refractivity contribution in [3.8, 4) is 0 Å². The summed E-state index contributed by atoms with van der Waals surface area (Å²) in [6.45, 7) is 6.98. The highest BCUT2D eigenvalue weighted by molar-refractivity contribution is 5.75. The number of esters is 1. The molecule has 0 spiro atoms. The molecule has 0 saturated carbocycles. The molecule has 1 unspecified atom stereocenters. The smallest absolute Gasteiger partial charge is 0.311 e. The van der Waals surface area contributed by atoms with E-state index in [1.54, 1.807) is 27.7 Å². The van der Waals surface area contributed by atoms with Gasteiger partial charge in [0.25, 0.3) is 0 Å². The first-order chi connectivity index (χ1) is 4.84. The SMILES string of the molecule is CC(O)COC(=O)C(C)(C)C. The van der Waals surface area contributed by atoms with E-state index in [9.17, 15) is 4.79 Å². The Morgan fingerprint density at radius 1 is 1.55 bits per heavy atom. The number of ether oxygens (including phenoxy) is 1. The predicted molar refractivity (Wildman–Crippen MR) is 42.1 cm³/mol. The van der Waals surface area contributed by atoms with Gasteiger partial charge in [0.1, 0.15) is 6.61 Å². The summed E-state index contributed by atoms with van der Waals surface area (Å²) < 4.78 is 4.78. The van der Waals surface area contributed by atoms with Gasteiger partial charge in [-0.3, -0.25) is 4.79 Å². The maximum atomic E-state index is 11.0. The molecule has 0 heterocycles. The summed E-state index contributed by atoms with van der Waals surface area (Å²) >= 11 is 0. The summed E-state index contributed by atoms with van der Waals surface area (Å²) in [5.74, 6) is -0.279. The Labute approximate surface area is 67.4 Å². The van der Waals surface area contributed by atoms with Crippen LogP contribution in [0, 0.1) is 5.41 Å². The van der Waals surface area contributed by atoms with Crippen molar-refractivity contribution in [1.29, 1.82) is 0 Å². The van der Waals surface area contributed by atoms with Gasteiger partial charge in [-0.25, -0.2) is 0 Å². The first kappa shape index (κ1) is 10.4. The molecule has 0 fully saturated rings. The standard InChI is InChI=1S/C8H16O3/c1-6(9)5-11-7(10)8(2,3)4/h6,9H,5H2,1-4H3. The van der Waals surface area contributed by atoms with Crippen LogP contribution in [0.3, 0.4) is 0 Å². The van der Waals surface area contributed by atoms with Crippen LogP contribution in [0.5, 0.6) is 0 Å². The van der Waals surface area contributed by atoms with Crippen molar-refractivity contribution in [3.63, 3.8) is 0 Å². The van der Waals surface area contributed by atoms with Gasteiger partial charge in [0.05, 0.1) is 11.5 Å². The van der Waals surface area contributed by atoms with Crippen LogP contribution in [0.4, 0.5) is 0 Å². The average molecular weight is 160 g/mol. The van der Waals surface area contributed by atoms with Crippen LogP contribution < -0.4 is 0 Å². The fourth-order valence-corrected chi connectivity index (χ4v) is 0.413. The third-order valence-electron chi connectivity index (χ3n) is 1.07. The molecule has 0 aromatic heterocycles. The van der Waals surface area contributed by atoms with Crippen LogP contribution in [0.15, 0.2) is 0 Å². The quantitative estimate of drug-likeness (QED) is 0.612. The van der Waals surface area contributed by atoms with Crippen LogP contribution in [0.1, 0.15) is 27.7 Å². The average Bonchev–Trinajstić information content (AvgIpc) is 1.80. The summed E-state index contributed by atoms with van der Waals surface area (Å²) in [6, 6.07) is 0. The molecule has 0 radical (unpaired) electrons. The van der Waals surface area contributed by atoms with Gasteiger partial charge in [0.2, 0.25) is 0 Å². The monoisotopic (exact) mass is 160 g/mol. The van der Waals surface area contributed by atoms with Crippen molar-refractivity contribution in [3.05, 3.63) is 0 Å². The molecule has 0 aromatic carbocycles. The second-order valence-corrected chi connectivity index (χ2v) is 3.70. The van der Waals surface area contributed by atoms with E-state index in [2.05, 4.69) is 0 Å². The van der Waals surface area contributed by atoms with Crippen molar-refractivity contribution in [1.82, 2.24) is 0 Å². The lowest BCUT2D eigenvalue weighted by Gasteiger charge is -2.17. The van der Waals surface area contributed by atoms with Crippen molar-refractivity contribution >= 4 is 5.97 Å². The molecular weight excluding hydrogens is 144 g/mol. The molecule has 1 atom stereocenters. The van der Waals surface area contributed by atoms with Crippen LogP contribution in [-0.2, 0) is 9.53 Å². The molecule has 0 amide bonds. The largest absolute Gasteiger partial charge is 0.463 e. The van der Waals surface area contributed by atoms with Crippen LogP contribution in [-0.4, -0.2) is 23.8 Å². The second kappa shape index (κ2) is 3.72. The number of carbonyl (C=O) groups excluding carboxylic acids is 1. The molecule has 0 aliphatic heterocycles. The maximum absolute atomic E-state index is 11.0. The second-order valence-electron chi connectivity index (χ2n) is 3.70. The van der Waals surface area contributed by atoms with Crippen molar-refractivity contribution in [2.45, 2.75) is 33.8 Å². The van der Waals surface area contributed by atoms with Gasteiger partial charge in [-0.2, -0.15) is 0 Å². The van der Waals surface area contributed by atoms with E-state index in [1.165, 1.54) is 0 Å². The number of aliphatic hydroxyl groups is 1. The molecule has 3 heteroatoms. The van der Waals surface area contributed by atoms with Gasteiger partial charge < -0.3 is 9.84 Å². The highest BCUT2D eigenvalue weighted by atomic mass is 16.5. The predicted octanol–water partition coefficient (Wildman–Crippen LogP) is 0.957. The minimum Gasteiger partial charge on any atom is -0.463 e. The summed E-state index contributed by atoms with van der Waals surface area (Å²) in [5, 5.41) is 8.79. The third-order valence-corrected chi connectivity index (χ3v) is 1.07. The van der Waals surface area contributed by atoms with E-state index in [1.807, 2.05) is 0 Å². The first-order valence-corrected chi connectivity index (χ1v) is 3.69. The molecule has 0 rings (SSSR count). The lowest BCUT2D eigenvalue weighted by atomic mass is 9.97. The molecule has 1 N–H and O–H groups in total. The molecule has 3 nitrogen and oxygen atoms in total. The molecule has 0 aromatic rings. The molecule has 0 aliphatic rings. The Hall–Kier alpha value is -0.570. The van der Waals surface area contributed by atoms with Gasteiger partial charge in [-0.05, 0) is 27.7 Å². The van der Waals surface area contributed by atoms with Crippen LogP contribution in [0.25, 0.3) is 0 Å². The molecular formula is C8H16O3. The fourth-order valence-electron chi connectivity index (χ4n) is 0.413. The number of hydrogen-bond acceptors (Lipinski definition) is 3. The third kappa shape index (κ3) is 4.79. The highest BCUT2D eigenvalue weighted by Crippen LogP contribution is 2.14. The Morgan fingerprint density at radius 2 is 2.00 bits per heavy atom. The zero-order valence-corrected chi connectivity index (χ0v) is 7.55. The van der Waals surface area contributed by atoms with E-state index < -0.39 is 11.5 Å². The van der Waals surface area contributed by atoms with Crippen LogP contribution >= 0.6 is 0 Å². The van der Waals surface area contributed by atoms with Gasteiger partial charge in [-0.15, -0.1) is 0 Å². The molecule has 11 heavy (non-hydrogen) atoms. The number of hydrogen-bond donors (Lipinski definition) is 1. The number of aliphatic hydroxyl groups excluding tert-OH is 1. The first-order valence-electron chi connectivity index (χ1n) is 3.69. The molecule has 66 valence electrons. The molecule has 0 bridgehead atoms. The van der Waals surface area contributed by atoms with E-state index in [0.717, 1.165) is 0 Å². The zero-order valence-electron chi connectivity index (χ0n) is 7.55. The van der Waals surface area contributed by atoms with E-state index in [4.69, 9.17) is 9.84 Å². The van der Waals surface area contributed by atoms with E-state index in [-0.39, 0.29) is 12.6 Å². The molecule has 0 saturated heterocycles. The van der Waals surface area contributed by atoms with Crippen molar-refractivity contribution < 1.29 is 14.6 Å². The number of rotatable bonds is 2. The minimum absolute atomic E-state index is 0.0795. The maximum Gasteiger partial charge on any atom is 0.311 e. The summed E-state index contributed by atoms with van der Waals surface area (Å²) in [5.41, 5.74) is -0.477. The van der Waals surface area contributed by atoms with Gasteiger partial charge in [0, 0.05) is 0 Å². The topological polar surface area (TPSA) is 46.5 Å². The van der Waals surface area contributed by atoms with Gasteiger partial charge in [0.15, 0.2) is 0 Å². The Kier molecular flexibility index (Phi) is 3.52. The van der Waals surface area contributed by atoms with E-state index >= 15 is 0 Å². The molecule has 0 aliphatic carbocycles. The number of carbonyl (C=O) groups is 1. The Morgan fingerprint density at radius 3 is 2.27 bits per heavy atom.